The highest BCUT2D eigenvalue weighted by Crippen LogP contribution is 2.43. The van der Waals surface area contributed by atoms with Crippen LogP contribution in [0.25, 0.3) is 0 Å². The summed E-state index contributed by atoms with van der Waals surface area (Å²) in [5, 5.41) is 22.5. The van der Waals surface area contributed by atoms with Gasteiger partial charge in [0.2, 0.25) is 0 Å². The molecule has 10 heteroatoms. The Hall–Kier alpha value is -3.08. The number of alkyl halides is 1. The first-order valence-corrected chi connectivity index (χ1v) is 12.8. The Bertz CT molecular complexity index is 1260. The van der Waals surface area contributed by atoms with E-state index < -0.39 is 30.6 Å². The first kappa shape index (κ1) is 26.5. The third kappa shape index (κ3) is 5.25. The molecule has 1 saturated heterocycles. The van der Waals surface area contributed by atoms with Gasteiger partial charge in [0, 0.05) is 37.1 Å². The predicted molar refractivity (Wildman–Crippen MR) is 141 cm³/mol. The maximum Gasteiger partial charge on any atom is 0.488 e. The Morgan fingerprint density at radius 2 is 1.66 bits per heavy atom. The van der Waals surface area contributed by atoms with Crippen LogP contribution >= 0.6 is 0 Å². The molecule has 0 aromatic heterocycles. The second kappa shape index (κ2) is 11.0. The van der Waals surface area contributed by atoms with Crippen LogP contribution in [-0.2, 0) is 6.42 Å². The van der Waals surface area contributed by atoms with Gasteiger partial charge in [0.25, 0.3) is 0 Å². The van der Waals surface area contributed by atoms with Gasteiger partial charge >= 0.3 is 7.12 Å². The lowest BCUT2D eigenvalue weighted by Crippen LogP contribution is -2.54. The zero-order valence-corrected chi connectivity index (χ0v) is 21.0. The number of anilines is 2. The van der Waals surface area contributed by atoms with E-state index in [1.54, 1.807) is 24.3 Å². The minimum absolute atomic E-state index is 0.0220. The van der Waals surface area contributed by atoms with E-state index in [-0.39, 0.29) is 24.3 Å². The summed E-state index contributed by atoms with van der Waals surface area (Å²) in [6.45, 7) is 3.56. The van der Waals surface area contributed by atoms with Crippen molar-refractivity contribution in [3.63, 3.8) is 0 Å². The first-order valence-electron chi connectivity index (χ1n) is 12.8. The Balaban J connectivity index is 1.51. The fraction of sp³-hybridized carbons (Fsp3) is 0.357. The van der Waals surface area contributed by atoms with Crippen molar-refractivity contribution >= 4 is 24.0 Å². The number of likely N-dealkylation sites (tertiary alicyclic amines) is 1. The molecule has 2 aliphatic heterocycles. The van der Waals surface area contributed by atoms with E-state index in [0.717, 1.165) is 5.56 Å². The van der Waals surface area contributed by atoms with Crippen LogP contribution in [0.4, 0.5) is 28.9 Å². The summed E-state index contributed by atoms with van der Waals surface area (Å²) in [5.41, 5.74) is 2.50. The molecule has 3 N–H and O–H groups in total. The Labute approximate surface area is 219 Å². The van der Waals surface area contributed by atoms with Crippen molar-refractivity contribution in [2.75, 3.05) is 36.5 Å². The number of fused-ring (bicyclic) bond motifs is 1. The number of nitrogens with one attached hydrogen (secondary N) is 1. The summed E-state index contributed by atoms with van der Waals surface area (Å²) in [4.78, 5) is 3.96. The van der Waals surface area contributed by atoms with Crippen LogP contribution in [0.3, 0.4) is 0 Å². The van der Waals surface area contributed by atoms with Gasteiger partial charge in [-0.15, -0.1) is 0 Å². The Kier molecular flexibility index (Phi) is 7.65. The van der Waals surface area contributed by atoms with Crippen molar-refractivity contribution in [3.05, 3.63) is 88.7 Å². The second-order valence-corrected chi connectivity index (χ2v) is 10.2. The number of halogens is 4. The summed E-state index contributed by atoms with van der Waals surface area (Å²) >= 11 is 0. The molecule has 0 unspecified atom stereocenters. The summed E-state index contributed by atoms with van der Waals surface area (Å²) in [7, 11) is -1.66. The molecule has 0 bridgehead atoms. The van der Waals surface area contributed by atoms with Crippen molar-refractivity contribution in [1.82, 2.24) is 4.90 Å². The van der Waals surface area contributed by atoms with E-state index >= 15 is 8.78 Å². The third-order valence-electron chi connectivity index (χ3n) is 7.44. The van der Waals surface area contributed by atoms with Crippen LogP contribution in [-0.4, -0.2) is 60.5 Å². The molecular weight excluding hydrogens is 497 g/mol. The van der Waals surface area contributed by atoms with Gasteiger partial charge in [0.1, 0.15) is 17.5 Å². The van der Waals surface area contributed by atoms with Gasteiger partial charge in [0.15, 0.2) is 0 Å². The average Bonchev–Trinajstić information content (AvgIpc) is 2.85. The maximum absolute atomic E-state index is 15.8. The van der Waals surface area contributed by atoms with Crippen LogP contribution in [0.1, 0.15) is 36.1 Å². The molecule has 2 atom stereocenters. The van der Waals surface area contributed by atoms with E-state index in [2.05, 4.69) is 10.2 Å². The van der Waals surface area contributed by atoms with Crippen LogP contribution in [0.2, 0.25) is 0 Å². The summed E-state index contributed by atoms with van der Waals surface area (Å²) in [6.07, 6.45) is 0.961. The molecule has 2 heterocycles. The van der Waals surface area contributed by atoms with Gasteiger partial charge in [0.05, 0.1) is 24.3 Å². The monoisotopic (exact) mass is 527 g/mol. The number of nitrogens with zero attached hydrogens (tertiary/aromatic N) is 2. The highest BCUT2D eigenvalue weighted by atomic mass is 19.1. The minimum atomic E-state index is -1.66. The van der Waals surface area contributed by atoms with Crippen LogP contribution in [0, 0.1) is 17.5 Å². The van der Waals surface area contributed by atoms with Gasteiger partial charge in [-0.25, -0.2) is 13.2 Å². The summed E-state index contributed by atoms with van der Waals surface area (Å²) in [6, 6.07) is 12.2. The highest BCUT2D eigenvalue weighted by Gasteiger charge is 2.37. The second-order valence-electron chi connectivity index (χ2n) is 10.2. The van der Waals surface area contributed by atoms with Gasteiger partial charge < -0.3 is 20.3 Å². The normalized spacial score (nSPS) is 19.7. The molecule has 3 aromatic carbocycles. The number of hydrogen-bond acceptors (Lipinski definition) is 5. The first-order chi connectivity index (χ1) is 18.2. The molecule has 0 radical (unpaired) electrons. The van der Waals surface area contributed by atoms with E-state index in [4.69, 9.17) is 0 Å². The number of benzene rings is 3. The van der Waals surface area contributed by atoms with Crippen molar-refractivity contribution in [2.45, 2.75) is 37.9 Å². The molecule has 5 rings (SSSR count). The number of hydrogen-bond donors (Lipinski definition) is 3. The van der Waals surface area contributed by atoms with Crippen LogP contribution < -0.4 is 15.7 Å². The molecule has 38 heavy (non-hydrogen) atoms. The van der Waals surface area contributed by atoms with E-state index in [1.165, 1.54) is 30.3 Å². The molecular formula is C28H30BF4N3O2. The average molecular weight is 527 g/mol. The largest absolute Gasteiger partial charge is 0.488 e. The molecule has 0 aliphatic carbocycles. The van der Waals surface area contributed by atoms with Crippen molar-refractivity contribution in [3.8, 4) is 0 Å². The highest BCUT2D eigenvalue weighted by molar-refractivity contribution is 6.58. The molecule has 1 fully saturated rings. The van der Waals surface area contributed by atoms with Crippen LogP contribution in [0.15, 0.2) is 54.6 Å². The van der Waals surface area contributed by atoms with Crippen molar-refractivity contribution < 1.29 is 27.6 Å². The molecule has 3 aromatic rings. The fourth-order valence-electron chi connectivity index (χ4n) is 5.65. The zero-order valence-electron chi connectivity index (χ0n) is 21.0. The van der Waals surface area contributed by atoms with Crippen LogP contribution in [0.5, 0.6) is 0 Å². The fourth-order valence-corrected chi connectivity index (χ4v) is 5.65. The SMILES string of the molecule is C[C@@H]1Cc2cc(B(O)O)ccc2[C@H](c2c(F)cc(NC3CN(CCCF)C3)cc2F)N1c1ccc(F)cc1. The maximum atomic E-state index is 15.8. The van der Waals surface area contributed by atoms with E-state index in [9.17, 15) is 18.8 Å². The quantitative estimate of drug-likeness (QED) is 0.308. The lowest BCUT2D eigenvalue weighted by atomic mass is 9.75. The standard InChI is InChI=1S/C28H30BF4N3O2/c1-17-11-18-12-19(29(37)38)3-8-24(18)28(36(17)23-6-4-20(31)5-7-23)27-25(32)13-21(14-26(27)33)34-22-15-35(16-22)10-2-9-30/h3-8,12-14,17,22,28,34,37-38H,2,9-11,15-16H2,1H3/t17-,28-/m1/s1. The van der Waals surface area contributed by atoms with E-state index in [0.29, 0.717) is 54.9 Å². The molecule has 0 amide bonds. The minimum Gasteiger partial charge on any atom is -0.423 e. The zero-order chi connectivity index (χ0) is 27.0. The molecule has 5 nitrogen and oxygen atoms in total. The summed E-state index contributed by atoms with van der Waals surface area (Å²) < 4.78 is 57.7. The van der Waals surface area contributed by atoms with Crippen molar-refractivity contribution in [2.24, 2.45) is 0 Å². The summed E-state index contributed by atoms with van der Waals surface area (Å²) in [5.74, 6) is -1.85. The smallest absolute Gasteiger partial charge is 0.423 e. The van der Waals surface area contributed by atoms with Gasteiger partial charge in [-0.2, -0.15) is 0 Å². The topological polar surface area (TPSA) is 59.0 Å². The molecule has 0 saturated carbocycles. The van der Waals surface area contributed by atoms with Gasteiger partial charge in [-0.1, -0.05) is 18.2 Å². The lowest BCUT2D eigenvalue weighted by Gasteiger charge is -2.44. The predicted octanol–water partition coefficient (Wildman–Crippen LogP) is 3.78. The number of rotatable bonds is 8. The van der Waals surface area contributed by atoms with Crippen molar-refractivity contribution in [1.29, 1.82) is 0 Å². The molecule has 2 aliphatic rings. The third-order valence-corrected chi connectivity index (χ3v) is 7.44. The van der Waals surface area contributed by atoms with Gasteiger partial charge in [-0.05, 0) is 72.8 Å². The lowest BCUT2D eigenvalue weighted by molar-refractivity contribution is 0.155. The molecule has 0 spiro atoms. The van der Waals surface area contributed by atoms with E-state index in [1.807, 2.05) is 11.8 Å². The Morgan fingerprint density at radius 1 is 0.974 bits per heavy atom. The van der Waals surface area contributed by atoms with Gasteiger partial charge in [-0.3, -0.25) is 9.29 Å². The Morgan fingerprint density at radius 3 is 2.29 bits per heavy atom. The molecule has 200 valence electrons.